The summed E-state index contributed by atoms with van der Waals surface area (Å²) >= 11 is 0. The predicted molar refractivity (Wildman–Crippen MR) is 115 cm³/mol. The van der Waals surface area contributed by atoms with Crippen LogP contribution in [0.5, 0.6) is 11.5 Å². The first-order chi connectivity index (χ1) is 14.8. The molecule has 1 heterocycles. The quantitative estimate of drug-likeness (QED) is 0.607. The van der Waals surface area contributed by atoms with Crippen LogP contribution in [0.2, 0.25) is 0 Å². The van der Waals surface area contributed by atoms with Crippen LogP contribution in [0, 0.1) is 19.7 Å². The smallest absolute Gasteiger partial charge is 0.305 e. The maximum atomic E-state index is 15.1. The Morgan fingerprint density at radius 2 is 1.90 bits per heavy atom. The lowest BCUT2D eigenvalue weighted by Crippen LogP contribution is -2.32. The number of benzene rings is 3. The number of aryl methyl sites for hydroxylation is 2. The largest absolute Gasteiger partial charge is 0.481 e. The molecule has 0 radical (unpaired) electrons. The van der Waals surface area contributed by atoms with E-state index in [1.165, 1.54) is 0 Å². The van der Waals surface area contributed by atoms with E-state index in [1.54, 1.807) is 37.3 Å². The molecule has 0 spiro atoms. The summed E-state index contributed by atoms with van der Waals surface area (Å²) in [5.41, 5.74) is 3.63. The van der Waals surface area contributed by atoms with Gasteiger partial charge >= 0.3 is 5.97 Å². The van der Waals surface area contributed by atoms with Gasteiger partial charge in [-0.3, -0.25) is 9.59 Å². The van der Waals surface area contributed by atoms with E-state index < -0.39 is 30.2 Å². The van der Waals surface area contributed by atoms with E-state index in [1.807, 2.05) is 31.2 Å². The van der Waals surface area contributed by atoms with Crippen LogP contribution in [0.15, 0.2) is 54.6 Å². The van der Waals surface area contributed by atoms with Gasteiger partial charge in [0.05, 0.1) is 18.9 Å². The molecule has 4 bridgehead atoms. The fourth-order valence-electron chi connectivity index (χ4n) is 3.98. The van der Waals surface area contributed by atoms with Gasteiger partial charge in [-0.2, -0.15) is 0 Å². The molecule has 158 valence electrons. The second-order valence-corrected chi connectivity index (χ2v) is 7.79. The van der Waals surface area contributed by atoms with Crippen molar-refractivity contribution in [1.82, 2.24) is 5.32 Å². The number of hydrogen-bond acceptors (Lipinski definition) is 3. The van der Waals surface area contributed by atoms with Crippen molar-refractivity contribution in [3.63, 3.8) is 0 Å². The minimum absolute atomic E-state index is 0.0221. The number of carboxylic acid groups (broad SMARTS) is 1. The molecule has 31 heavy (non-hydrogen) atoms. The molecule has 0 aliphatic carbocycles. The number of carbonyl (C=O) groups excluding carboxylic acids is 1. The molecule has 2 N–H and O–H groups in total. The first kappa shape index (κ1) is 20.6. The van der Waals surface area contributed by atoms with Crippen molar-refractivity contribution in [3.05, 3.63) is 82.7 Å². The lowest BCUT2D eigenvalue weighted by molar-refractivity contribution is -0.137. The highest BCUT2D eigenvalue weighted by Gasteiger charge is 2.25. The molecular weight excluding hydrogens is 397 g/mol. The van der Waals surface area contributed by atoms with E-state index in [0.29, 0.717) is 28.2 Å². The number of hydrogen-bond donors (Lipinski definition) is 2. The zero-order valence-electron chi connectivity index (χ0n) is 17.2. The second-order valence-electron chi connectivity index (χ2n) is 7.79. The van der Waals surface area contributed by atoms with Gasteiger partial charge in [0.15, 0.2) is 0 Å². The normalized spacial score (nSPS) is 15.5. The van der Waals surface area contributed by atoms with Crippen molar-refractivity contribution in [1.29, 1.82) is 0 Å². The Hall–Kier alpha value is -3.67. The molecule has 0 fully saturated rings. The molecule has 0 saturated heterocycles. The molecule has 1 aliphatic rings. The topological polar surface area (TPSA) is 75.6 Å². The highest BCUT2D eigenvalue weighted by Crippen LogP contribution is 2.39. The van der Waals surface area contributed by atoms with Gasteiger partial charge in [0, 0.05) is 11.1 Å². The molecule has 5 nitrogen and oxygen atoms in total. The Labute approximate surface area is 179 Å². The Morgan fingerprint density at radius 3 is 2.68 bits per heavy atom. The van der Waals surface area contributed by atoms with Crippen LogP contribution in [-0.4, -0.2) is 17.0 Å². The minimum Gasteiger partial charge on any atom is -0.481 e. The third-order valence-electron chi connectivity index (χ3n) is 5.39. The van der Waals surface area contributed by atoms with Crippen molar-refractivity contribution >= 4 is 11.9 Å². The van der Waals surface area contributed by atoms with Gasteiger partial charge in [0.25, 0.3) is 0 Å². The van der Waals surface area contributed by atoms with Gasteiger partial charge in [0.1, 0.15) is 17.3 Å². The SMILES string of the molecule is Cc1cc2cc(c1F)[C@H](CC(=O)O)NC(=O)Cc1cccc(c1)Oc1cccc(C)c1-2. The van der Waals surface area contributed by atoms with E-state index in [4.69, 9.17) is 4.74 Å². The van der Waals surface area contributed by atoms with Crippen LogP contribution in [0.25, 0.3) is 11.1 Å². The molecule has 1 atom stereocenters. The van der Waals surface area contributed by atoms with E-state index >= 15 is 4.39 Å². The fourth-order valence-corrected chi connectivity index (χ4v) is 3.98. The summed E-state index contributed by atoms with van der Waals surface area (Å²) in [4.78, 5) is 24.2. The number of nitrogens with one attached hydrogen (secondary N) is 1. The number of rotatable bonds is 2. The Balaban J connectivity index is 1.98. The van der Waals surface area contributed by atoms with E-state index in [-0.39, 0.29) is 12.0 Å². The maximum Gasteiger partial charge on any atom is 0.305 e. The average molecular weight is 419 g/mol. The van der Waals surface area contributed by atoms with Crippen molar-refractivity contribution < 1.29 is 23.8 Å². The first-order valence-corrected chi connectivity index (χ1v) is 10.00. The number of halogens is 1. The molecule has 1 aliphatic heterocycles. The molecule has 0 unspecified atom stereocenters. The predicted octanol–water partition coefficient (Wildman–Crippen LogP) is 5.09. The Bertz CT molecular complexity index is 1190. The van der Waals surface area contributed by atoms with Crippen molar-refractivity contribution in [2.75, 3.05) is 0 Å². The Morgan fingerprint density at radius 1 is 1.13 bits per heavy atom. The van der Waals surface area contributed by atoms with Gasteiger partial charge in [-0.15, -0.1) is 0 Å². The van der Waals surface area contributed by atoms with E-state index in [9.17, 15) is 14.7 Å². The number of amides is 1. The fraction of sp³-hybridized carbons (Fsp3) is 0.200. The molecule has 3 aromatic carbocycles. The third kappa shape index (κ3) is 4.28. The number of ether oxygens (including phenoxy) is 1. The maximum absolute atomic E-state index is 15.1. The monoisotopic (exact) mass is 419 g/mol. The summed E-state index contributed by atoms with van der Waals surface area (Å²) in [6, 6.07) is 15.1. The molecule has 3 aromatic rings. The number of aliphatic carboxylic acids is 1. The van der Waals surface area contributed by atoms with Gasteiger partial charge in [-0.25, -0.2) is 4.39 Å². The molecule has 0 aromatic heterocycles. The average Bonchev–Trinajstić information content (AvgIpc) is 2.69. The van der Waals surface area contributed by atoms with Crippen molar-refractivity contribution in [2.24, 2.45) is 0 Å². The van der Waals surface area contributed by atoms with Crippen LogP contribution in [0.3, 0.4) is 0 Å². The summed E-state index contributed by atoms with van der Waals surface area (Å²) in [6.07, 6.45) is -0.406. The summed E-state index contributed by atoms with van der Waals surface area (Å²) in [6.45, 7) is 3.56. The van der Waals surface area contributed by atoms with Crippen molar-refractivity contribution in [3.8, 4) is 22.6 Å². The van der Waals surface area contributed by atoms with Crippen LogP contribution in [0.1, 0.15) is 34.7 Å². The van der Waals surface area contributed by atoms with E-state index in [2.05, 4.69) is 5.32 Å². The lowest BCUT2D eigenvalue weighted by Gasteiger charge is -2.21. The zero-order valence-corrected chi connectivity index (χ0v) is 17.2. The Kier molecular flexibility index (Phi) is 5.46. The zero-order chi connectivity index (χ0) is 22.1. The molecule has 4 rings (SSSR count). The van der Waals surface area contributed by atoms with Crippen LogP contribution < -0.4 is 10.1 Å². The van der Waals surface area contributed by atoms with Crippen molar-refractivity contribution in [2.45, 2.75) is 32.7 Å². The van der Waals surface area contributed by atoms with Gasteiger partial charge in [-0.05, 0) is 66.4 Å². The van der Waals surface area contributed by atoms with Gasteiger partial charge in [0.2, 0.25) is 5.91 Å². The van der Waals surface area contributed by atoms with Crippen LogP contribution in [-0.2, 0) is 16.0 Å². The summed E-state index contributed by atoms with van der Waals surface area (Å²) in [5.74, 6) is -0.862. The minimum atomic E-state index is -1.13. The number of carbonyl (C=O) groups is 2. The summed E-state index contributed by atoms with van der Waals surface area (Å²) < 4.78 is 21.3. The highest BCUT2D eigenvalue weighted by atomic mass is 19.1. The molecular formula is C25H22FNO4. The number of carboxylic acids is 1. The molecule has 6 heteroatoms. The van der Waals surface area contributed by atoms with E-state index in [0.717, 1.165) is 11.1 Å². The highest BCUT2D eigenvalue weighted by molar-refractivity contribution is 5.81. The third-order valence-corrected chi connectivity index (χ3v) is 5.39. The standard InChI is InChI=1S/C25H22FNO4/c1-14-5-3-8-21-24(14)17-9-15(2)25(26)19(12-17)20(13-23(29)30)27-22(28)11-16-6-4-7-18(10-16)31-21/h3-10,12,20H,11,13H2,1-2H3,(H,27,28)(H,29,30)/t20-/m0/s1. The van der Waals surface area contributed by atoms with Crippen LogP contribution >= 0.6 is 0 Å². The van der Waals surface area contributed by atoms with Gasteiger partial charge < -0.3 is 15.2 Å². The lowest BCUT2D eigenvalue weighted by atomic mass is 9.92. The number of fused-ring (bicyclic) bond motifs is 6. The second kappa shape index (κ2) is 8.22. The van der Waals surface area contributed by atoms with Crippen LogP contribution in [0.4, 0.5) is 4.39 Å². The molecule has 1 amide bonds. The summed E-state index contributed by atoms with van der Waals surface area (Å²) in [7, 11) is 0. The molecule has 0 saturated carbocycles. The van der Waals surface area contributed by atoms with Gasteiger partial charge in [-0.1, -0.05) is 24.3 Å². The first-order valence-electron chi connectivity index (χ1n) is 10.00. The summed E-state index contributed by atoms with van der Waals surface area (Å²) in [5, 5.41) is 12.1.